The zero-order valence-electron chi connectivity index (χ0n) is 11.3. The van der Waals surface area contributed by atoms with Gasteiger partial charge in [-0.3, -0.25) is 0 Å². The number of methoxy groups -OCH3 is 1. The van der Waals surface area contributed by atoms with Gasteiger partial charge in [0.1, 0.15) is 0 Å². The van der Waals surface area contributed by atoms with E-state index in [9.17, 15) is 9.90 Å². The van der Waals surface area contributed by atoms with Crippen LogP contribution in [0, 0.1) is 6.92 Å². The Bertz CT molecular complexity index is 440. The second-order valence-electron chi connectivity index (χ2n) is 4.38. The summed E-state index contributed by atoms with van der Waals surface area (Å²) in [5.41, 5.74) is 1.58. The van der Waals surface area contributed by atoms with Gasteiger partial charge in [0.25, 0.3) is 0 Å². The number of likely N-dealkylation sites (N-methyl/N-ethyl adjacent to an activating group) is 1. The minimum Gasteiger partial charge on any atom is -0.389 e. The normalized spacial score (nSPS) is 12.1. The van der Waals surface area contributed by atoms with Crippen molar-refractivity contribution in [1.29, 1.82) is 0 Å². The molecule has 0 bridgehead atoms. The Balaban J connectivity index is 2.61. The number of aliphatic hydroxyl groups is 1. The lowest BCUT2D eigenvalue weighted by Crippen LogP contribution is -2.38. The molecule has 0 aliphatic heterocycles. The van der Waals surface area contributed by atoms with Gasteiger partial charge in [-0.2, -0.15) is 0 Å². The molecular weight excluding hydrogens is 268 g/mol. The molecule has 0 radical (unpaired) electrons. The molecule has 2 N–H and O–H groups in total. The molecule has 0 heterocycles. The number of rotatable bonds is 5. The summed E-state index contributed by atoms with van der Waals surface area (Å²) >= 11 is 5.88. The number of nitrogens with zero attached hydrogens (tertiary/aromatic N) is 1. The quantitative estimate of drug-likeness (QED) is 0.871. The van der Waals surface area contributed by atoms with E-state index in [0.29, 0.717) is 10.7 Å². The van der Waals surface area contributed by atoms with Gasteiger partial charge in [-0.1, -0.05) is 17.7 Å². The fourth-order valence-corrected chi connectivity index (χ4v) is 1.76. The smallest absolute Gasteiger partial charge is 0.321 e. The van der Waals surface area contributed by atoms with Gasteiger partial charge in [-0.05, 0) is 24.6 Å². The Kier molecular flexibility index (Phi) is 6.08. The standard InChI is InChI=1S/C13H19ClN2O3/c1-9-4-5-10(14)6-12(9)15-13(18)16(2)7-11(17)8-19-3/h4-6,11,17H,7-8H2,1-3H3,(H,15,18). The number of nitrogens with one attached hydrogen (secondary N) is 1. The number of hydrogen-bond donors (Lipinski definition) is 2. The number of aryl methyl sites for hydroxylation is 1. The summed E-state index contributed by atoms with van der Waals surface area (Å²) < 4.78 is 4.81. The van der Waals surface area contributed by atoms with Gasteiger partial charge >= 0.3 is 6.03 Å². The highest BCUT2D eigenvalue weighted by atomic mass is 35.5. The summed E-state index contributed by atoms with van der Waals surface area (Å²) in [5, 5.41) is 12.9. The van der Waals surface area contributed by atoms with Crippen molar-refractivity contribution in [2.45, 2.75) is 13.0 Å². The number of aliphatic hydroxyl groups excluding tert-OH is 1. The molecule has 0 aliphatic carbocycles. The summed E-state index contributed by atoms with van der Waals surface area (Å²) in [6.45, 7) is 2.26. The molecule has 0 fully saturated rings. The minimum absolute atomic E-state index is 0.188. The van der Waals surface area contributed by atoms with E-state index in [-0.39, 0.29) is 19.2 Å². The first-order valence-electron chi connectivity index (χ1n) is 5.89. The van der Waals surface area contributed by atoms with Crippen molar-refractivity contribution in [3.8, 4) is 0 Å². The summed E-state index contributed by atoms with van der Waals surface area (Å²) in [4.78, 5) is 13.3. The van der Waals surface area contributed by atoms with E-state index in [1.54, 1.807) is 19.2 Å². The van der Waals surface area contributed by atoms with Gasteiger partial charge < -0.3 is 20.1 Å². The molecule has 106 valence electrons. The molecule has 0 aliphatic rings. The highest BCUT2D eigenvalue weighted by molar-refractivity contribution is 6.31. The predicted molar refractivity (Wildman–Crippen MR) is 75.7 cm³/mol. The maximum absolute atomic E-state index is 11.9. The van der Waals surface area contributed by atoms with Gasteiger partial charge in [-0.15, -0.1) is 0 Å². The van der Waals surface area contributed by atoms with Crippen LogP contribution in [0.3, 0.4) is 0 Å². The number of ether oxygens (including phenoxy) is 1. The van der Waals surface area contributed by atoms with Gasteiger partial charge in [0.15, 0.2) is 0 Å². The number of carbonyl (C=O) groups excluding carboxylic acids is 1. The summed E-state index contributed by atoms with van der Waals surface area (Å²) in [7, 11) is 3.10. The fourth-order valence-electron chi connectivity index (χ4n) is 1.58. The van der Waals surface area contributed by atoms with Crippen molar-refractivity contribution in [2.75, 3.05) is 32.6 Å². The first kappa shape index (κ1) is 15.8. The predicted octanol–water partition coefficient (Wildman–Crippen LogP) is 2.12. The molecule has 1 unspecified atom stereocenters. The third-order valence-corrected chi connectivity index (χ3v) is 2.87. The van der Waals surface area contributed by atoms with Crippen molar-refractivity contribution >= 4 is 23.3 Å². The number of benzene rings is 1. The van der Waals surface area contributed by atoms with E-state index >= 15 is 0 Å². The topological polar surface area (TPSA) is 61.8 Å². The first-order valence-corrected chi connectivity index (χ1v) is 6.27. The molecule has 0 saturated heterocycles. The van der Waals surface area contributed by atoms with Crippen LogP contribution in [0.1, 0.15) is 5.56 Å². The molecule has 0 aromatic heterocycles. The Labute approximate surface area is 118 Å². The monoisotopic (exact) mass is 286 g/mol. The number of carbonyl (C=O) groups is 1. The second-order valence-corrected chi connectivity index (χ2v) is 4.82. The van der Waals surface area contributed by atoms with E-state index in [1.165, 1.54) is 12.0 Å². The second kappa shape index (κ2) is 7.33. The molecule has 1 atom stereocenters. The maximum atomic E-state index is 11.9. The summed E-state index contributed by atoms with van der Waals surface area (Å²) in [5.74, 6) is 0. The van der Waals surface area contributed by atoms with E-state index in [2.05, 4.69) is 5.32 Å². The lowest BCUT2D eigenvalue weighted by atomic mass is 10.2. The first-order chi connectivity index (χ1) is 8.93. The maximum Gasteiger partial charge on any atom is 0.321 e. The zero-order valence-corrected chi connectivity index (χ0v) is 12.1. The van der Waals surface area contributed by atoms with Crippen LogP contribution in [-0.4, -0.2) is 49.5 Å². The number of amides is 2. The largest absolute Gasteiger partial charge is 0.389 e. The zero-order chi connectivity index (χ0) is 14.4. The molecule has 2 amide bonds. The lowest BCUT2D eigenvalue weighted by Gasteiger charge is -2.21. The van der Waals surface area contributed by atoms with Crippen molar-refractivity contribution in [2.24, 2.45) is 0 Å². The van der Waals surface area contributed by atoms with Gasteiger partial charge in [0, 0.05) is 24.9 Å². The Morgan fingerprint density at radius 1 is 1.58 bits per heavy atom. The van der Waals surface area contributed by atoms with Gasteiger partial charge in [0.05, 0.1) is 19.3 Å². The van der Waals surface area contributed by atoms with Crippen LogP contribution >= 0.6 is 11.6 Å². The minimum atomic E-state index is -0.707. The van der Waals surface area contributed by atoms with Gasteiger partial charge in [-0.25, -0.2) is 4.79 Å². The van der Waals surface area contributed by atoms with E-state index in [1.807, 2.05) is 13.0 Å². The van der Waals surface area contributed by atoms with Crippen LogP contribution in [0.4, 0.5) is 10.5 Å². The number of halogens is 1. The van der Waals surface area contributed by atoms with Gasteiger partial charge in [0.2, 0.25) is 0 Å². The van der Waals surface area contributed by atoms with Crippen molar-refractivity contribution in [3.63, 3.8) is 0 Å². The molecule has 0 saturated carbocycles. The van der Waals surface area contributed by atoms with Crippen molar-refractivity contribution in [1.82, 2.24) is 4.90 Å². The molecular formula is C13H19ClN2O3. The number of urea groups is 1. The molecule has 19 heavy (non-hydrogen) atoms. The lowest BCUT2D eigenvalue weighted by molar-refractivity contribution is 0.0501. The Hall–Kier alpha value is -1.30. The molecule has 1 aromatic carbocycles. The van der Waals surface area contributed by atoms with Crippen LogP contribution in [0.2, 0.25) is 5.02 Å². The number of anilines is 1. The van der Waals surface area contributed by atoms with Crippen molar-refractivity contribution < 1.29 is 14.6 Å². The molecule has 6 heteroatoms. The van der Waals surface area contributed by atoms with Crippen LogP contribution in [-0.2, 0) is 4.74 Å². The molecule has 5 nitrogen and oxygen atoms in total. The third-order valence-electron chi connectivity index (χ3n) is 2.63. The highest BCUT2D eigenvalue weighted by Crippen LogP contribution is 2.20. The third kappa shape index (κ3) is 5.06. The fraction of sp³-hybridized carbons (Fsp3) is 0.462. The SMILES string of the molecule is COCC(O)CN(C)C(=O)Nc1cc(Cl)ccc1C. The Morgan fingerprint density at radius 2 is 2.26 bits per heavy atom. The van der Waals surface area contributed by atoms with E-state index in [0.717, 1.165) is 5.56 Å². The van der Waals surface area contributed by atoms with Crippen LogP contribution in [0.15, 0.2) is 18.2 Å². The number of hydrogen-bond acceptors (Lipinski definition) is 3. The summed E-state index contributed by atoms with van der Waals surface area (Å²) in [6.07, 6.45) is -0.707. The Morgan fingerprint density at radius 3 is 2.89 bits per heavy atom. The van der Waals surface area contributed by atoms with Crippen LogP contribution in [0.25, 0.3) is 0 Å². The molecule has 1 rings (SSSR count). The average molecular weight is 287 g/mol. The van der Waals surface area contributed by atoms with Crippen molar-refractivity contribution in [3.05, 3.63) is 28.8 Å². The van der Waals surface area contributed by atoms with Crippen LogP contribution in [0.5, 0.6) is 0 Å². The molecule has 1 aromatic rings. The molecule has 0 spiro atoms. The van der Waals surface area contributed by atoms with E-state index in [4.69, 9.17) is 16.3 Å². The van der Waals surface area contributed by atoms with E-state index < -0.39 is 6.10 Å². The average Bonchev–Trinajstić information content (AvgIpc) is 2.34. The van der Waals surface area contributed by atoms with Crippen LogP contribution < -0.4 is 5.32 Å². The summed E-state index contributed by atoms with van der Waals surface area (Å²) in [6, 6.07) is 4.98. The highest BCUT2D eigenvalue weighted by Gasteiger charge is 2.14.